The van der Waals surface area contributed by atoms with E-state index in [1.54, 1.807) is 5.32 Å². The fourth-order valence-corrected chi connectivity index (χ4v) is 0.997. The number of carbonyl (C=O) groups excluding carboxylic acids is 1. The lowest BCUT2D eigenvalue weighted by Gasteiger charge is -2.10. The molecular formula is C9H7F3N2O3. The Morgan fingerprint density at radius 2 is 2.00 bits per heavy atom. The molecule has 0 aliphatic carbocycles. The number of aromatic carboxylic acids is 1. The van der Waals surface area contributed by atoms with E-state index in [1.165, 1.54) is 6.92 Å². The van der Waals surface area contributed by atoms with Gasteiger partial charge in [0, 0.05) is 0 Å². The second-order valence-electron chi connectivity index (χ2n) is 3.14. The first-order valence-electron chi connectivity index (χ1n) is 4.30. The van der Waals surface area contributed by atoms with Crippen molar-refractivity contribution in [1.29, 1.82) is 0 Å². The normalized spacial score (nSPS) is 11.1. The highest BCUT2D eigenvalue weighted by atomic mass is 19.4. The van der Waals surface area contributed by atoms with Crippen LogP contribution in [0.3, 0.4) is 0 Å². The van der Waals surface area contributed by atoms with Crippen molar-refractivity contribution in [3.63, 3.8) is 0 Å². The Kier molecular flexibility index (Phi) is 3.35. The number of alkyl halides is 3. The van der Waals surface area contributed by atoms with E-state index in [4.69, 9.17) is 5.11 Å². The van der Waals surface area contributed by atoms with Crippen molar-refractivity contribution in [2.24, 2.45) is 0 Å². The number of aryl methyl sites for hydroxylation is 1. The summed E-state index contributed by atoms with van der Waals surface area (Å²) in [6.07, 6.45) is -4.14. The number of nitrogens with one attached hydrogen (secondary N) is 1. The van der Waals surface area contributed by atoms with Gasteiger partial charge in [-0.1, -0.05) is 0 Å². The molecule has 0 atom stereocenters. The van der Waals surface area contributed by atoms with Gasteiger partial charge in [0.1, 0.15) is 5.69 Å². The maximum absolute atomic E-state index is 11.9. The van der Waals surface area contributed by atoms with Crippen LogP contribution in [0.25, 0.3) is 0 Å². The third-order valence-corrected chi connectivity index (χ3v) is 1.84. The van der Waals surface area contributed by atoms with Crippen molar-refractivity contribution in [2.75, 3.05) is 5.32 Å². The lowest BCUT2D eigenvalue weighted by atomic mass is 10.2. The Labute approximate surface area is 93.3 Å². The van der Waals surface area contributed by atoms with Crippen molar-refractivity contribution in [1.82, 2.24) is 4.98 Å². The zero-order chi connectivity index (χ0) is 13.2. The molecule has 17 heavy (non-hydrogen) atoms. The fourth-order valence-electron chi connectivity index (χ4n) is 0.997. The van der Waals surface area contributed by atoms with Crippen LogP contribution in [0.15, 0.2) is 12.3 Å². The molecule has 8 heteroatoms. The topological polar surface area (TPSA) is 79.3 Å². The maximum atomic E-state index is 11.9. The Morgan fingerprint density at radius 1 is 1.41 bits per heavy atom. The third kappa shape index (κ3) is 3.16. The Morgan fingerprint density at radius 3 is 2.41 bits per heavy atom. The Balaban J connectivity index is 2.95. The zero-order valence-corrected chi connectivity index (χ0v) is 8.50. The van der Waals surface area contributed by atoms with E-state index in [0.29, 0.717) is 0 Å². The summed E-state index contributed by atoms with van der Waals surface area (Å²) in [7, 11) is 0. The molecule has 5 nitrogen and oxygen atoms in total. The standard InChI is InChI=1S/C9H7F3N2O3/c1-4-2-5(7(15)16)13-3-6(4)14-8(17)9(10,11)12/h2-3H,1H3,(H,14,17)(H,15,16). The number of carboxylic acids is 1. The molecule has 92 valence electrons. The number of rotatable bonds is 2. The summed E-state index contributed by atoms with van der Waals surface area (Å²) in [5, 5.41) is 10.2. The molecule has 0 aliphatic heterocycles. The second-order valence-corrected chi connectivity index (χ2v) is 3.14. The molecule has 1 aromatic rings. The Hall–Kier alpha value is -2.12. The largest absolute Gasteiger partial charge is 0.477 e. The van der Waals surface area contributed by atoms with Gasteiger partial charge in [-0.05, 0) is 18.6 Å². The molecule has 2 N–H and O–H groups in total. The molecule has 1 aromatic heterocycles. The molecular weight excluding hydrogens is 241 g/mol. The molecule has 0 spiro atoms. The van der Waals surface area contributed by atoms with E-state index in [0.717, 1.165) is 12.3 Å². The molecule has 1 heterocycles. The van der Waals surface area contributed by atoms with Gasteiger partial charge in [-0.15, -0.1) is 0 Å². The van der Waals surface area contributed by atoms with Crippen LogP contribution in [0.5, 0.6) is 0 Å². The number of anilines is 1. The number of halogens is 3. The van der Waals surface area contributed by atoms with Crippen LogP contribution in [0, 0.1) is 6.92 Å². The summed E-state index contributed by atoms with van der Waals surface area (Å²) >= 11 is 0. The number of hydrogen-bond acceptors (Lipinski definition) is 3. The average molecular weight is 248 g/mol. The van der Waals surface area contributed by atoms with Gasteiger partial charge >= 0.3 is 18.1 Å². The second kappa shape index (κ2) is 4.40. The van der Waals surface area contributed by atoms with Crippen LogP contribution in [-0.4, -0.2) is 28.1 Å². The monoisotopic (exact) mass is 248 g/mol. The maximum Gasteiger partial charge on any atom is 0.471 e. The first-order chi connectivity index (χ1) is 7.71. The van der Waals surface area contributed by atoms with Crippen LogP contribution in [0.1, 0.15) is 16.1 Å². The van der Waals surface area contributed by atoms with Crippen LogP contribution in [0.4, 0.5) is 18.9 Å². The molecule has 0 aromatic carbocycles. The number of amides is 1. The predicted molar refractivity (Wildman–Crippen MR) is 50.6 cm³/mol. The van der Waals surface area contributed by atoms with E-state index < -0.39 is 18.1 Å². The molecule has 0 aliphatic rings. The van der Waals surface area contributed by atoms with Gasteiger partial charge < -0.3 is 10.4 Å². The molecule has 0 saturated heterocycles. The molecule has 1 rings (SSSR count). The van der Waals surface area contributed by atoms with Crippen molar-refractivity contribution >= 4 is 17.6 Å². The van der Waals surface area contributed by atoms with Crippen LogP contribution < -0.4 is 5.32 Å². The highest BCUT2D eigenvalue weighted by molar-refractivity contribution is 5.95. The van der Waals surface area contributed by atoms with Gasteiger partial charge in [0.05, 0.1) is 11.9 Å². The van der Waals surface area contributed by atoms with Crippen molar-refractivity contribution in [3.05, 3.63) is 23.5 Å². The minimum atomic E-state index is -5.00. The first kappa shape index (κ1) is 12.9. The number of hydrogen-bond donors (Lipinski definition) is 2. The minimum Gasteiger partial charge on any atom is -0.477 e. The van der Waals surface area contributed by atoms with Crippen LogP contribution in [0.2, 0.25) is 0 Å². The summed E-state index contributed by atoms with van der Waals surface area (Å²) in [4.78, 5) is 24.5. The summed E-state index contributed by atoms with van der Waals surface area (Å²) < 4.78 is 35.8. The molecule has 0 saturated carbocycles. The van der Waals surface area contributed by atoms with Gasteiger partial charge in [0.25, 0.3) is 0 Å². The van der Waals surface area contributed by atoms with E-state index in [-0.39, 0.29) is 16.9 Å². The van der Waals surface area contributed by atoms with Crippen molar-refractivity contribution in [3.8, 4) is 0 Å². The van der Waals surface area contributed by atoms with E-state index in [9.17, 15) is 22.8 Å². The van der Waals surface area contributed by atoms with E-state index in [1.807, 2.05) is 0 Å². The van der Waals surface area contributed by atoms with Gasteiger partial charge in [-0.2, -0.15) is 13.2 Å². The van der Waals surface area contributed by atoms with Gasteiger partial charge in [-0.3, -0.25) is 4.79 Å². The molecule has 0 unspecified atom stereocenters. The lowest BCUT2D eigenvalue weighted by Crippen LogP contribution is -2.30. The molecule has 1 amide bonds. The van der Waals surface area contributed by atoms with Gasteiger partial charge in [0.15, 0.2) is 0 Å². The molecule has 0 bridgehead atoms. The summed E-state index contributed by atoms with van der Waals surface area (Å²) in [5.41, 5.74) is -0.320. The highest BCUT2D eigenvalue weighted by Crippen LogP contribution is 2.20. The summed E-state index contributed by atoms with van der Waals surface area (Å²) in [6.45, 7) is 1.36. The van der Waals surface area contributed by atoms with Crippen molar-refractivity contribution in [2.45, 2.75) is 13.1 Å². The quantitative estimate of drug-likeness (QED) is 0.832. The van der Waals surface area contributed by atoms with Crippen LogP contribution >= 0.6 is 0 Å². The minimum absolute atomic E-state index is 0.176. The lowest BCUT2D eigenvalue weighted by molar-refractivity contribution is -0.167. The SMILES string of the molecule is Cc1cc(C(=O)O)ncc1NC(=O)C(F)(F)F. The smallest absolute Gasteiger partial charge is 0.471 e. The van der Waals surface area contributed by atoms with Crippen molar-refractivity contribution < 1.29 is 27.9 Å². The number of carbonyl (C=O) groups is 2. The third-order valence-electron chi connectivity index (χ3n) is 1.84. The number of aromatic nitrogens is 1. The van der Waals surface area contributed by atoms with Crippen LogP contribution in [-0.2, 0) is 4.79 Å². The molecule has 0 fully saturated rings. The highest BCUT2D eigenvalue weighted by Gasteiger charge is 2.38. The predicted octanol–water partition coefficient (Wildman–Crippen LogP) is 1.59. The van der Waals surface area contributed by atoms with Gasteiger partial charge in [-0.25, -0.2) is 9.78 Å². The molecule has 0 radical (unpaired) electrons. The summed E-state index contributed by atoms with van der Waals surface area (Å²) in [5.74, 6) is -3.44. The van der Waals surface area contributed by atoms with E-state index in [2.05, 4.69) is 4.98 Å². The number of carboxylic acid groups (broad SMARTS) is 1. The number of nitrogens with zero attached hydrogens (tertiary/aromatic N) is 1. The number of pyridine rings is 1. The fraction of sp³-hybridized carbons (Fsp3) is 0.222. The zero-order valence-electron chi connectivity index (χ0n) is 8.50. The average Bonchev–Trinajstić information content (AvgIpc) is 2.19. The summed E-state index contributed by atoms with van der Waals surface area (Å²) in [6, 6.07) is 1.06. The van der Waals surface area contributed by atoms with Gasteiger partial charge in [0.2, 0.25) is 0 Å². The Bertz CT molecular complexity index is 471. The van der Waals surface area contributed by atoms with E-state index >= 15 is 0 Å². The first-order valence-corrected chi connectivity index (χ1v) is 4.30.